The van der Waals surface area contributed by atoms with Gasteiger partial charge in [0.2, 0.25) is 0 Å². The second-order valence-electron chi connectivity index (χ2n) is 3.35. The van der Waals surface area contributed by atoms with Crippen LogP contribution in [0.1, 0.15) is 22.8 Å². The first-order valence-electron chi connectivity index (χ1n) is 4.89. The number of ether oxygens (including phenoxy) is 2. The minimum Gasteiger partial charge on any atom is -0.490 e. The Morgan fingerprint density at radius 2 is 2.07 bits per heavy atom. The minimum atomic E-state index is 0.0196. The molecule has 0 heterocycles. The molecule has 0 aliphatic carbocycles. The van der Waals surface area contributed by atoms with Crippen LogP contribution >= 0.6 is 0 Å². The predicted molar refractivity (Wildman–Crippen MR) is 58.6 cm³/mol. The Balaban J connectivity index is 2.87. The zero-order chi connectivity index (χ0) is 11.3. The molecule has 3 nitrogen and oxygen atoms in total. The molecule has 1 rings (SSSR count). The van der Waals surface area contributed by atoms with Crippen molar-refractivity contribution in [2.45, 2.75) is 13.8 Å². The van der Waals surface area contributed by atoms with Gasteiger partial charge in [0.05, 0.1) is 12.2 Å². The van der Waals surface area contributed by atoms with E-state index < -0.39 is 0 Å². The Kier molecular flexibility index (Phi) is 4.31. The van der Waals surface area contributed by atoms with Crippen LogP contribution in [0, 0.1) is 6.92 Å². The zero-order valence-corrected chi connectivity index (χ0v) is 9.37. The van der Waals surface area contributed by atoms with Crippen LogP contribution in [-0.2, 0) is 4.74 Å². The summed E-state index contributed by atoms with van der Waals surface area (Å²) in [5.74, 6) is 0.688. The largest absolute Gasteiger partial charge is 0.490 e. The maximum Gasteiger partial charge on any atom is 0.163 e. The molecule has 0 bridgehead atoms. The highest BCUT2D eigenvalue weighted by atomic mass is 16.5. The van der Waals surface area contributed by atoms with Crippen molar-refractivity contribution in [2.75, 3.05) is 20.3 Å². The number of methoxy groups -OCH3 is 1. The van der Waals surface area contributed by atoms with Crippen molar-refractivity contribution >= 4 is 5.78 Å². The van der Waals surface area contributed by atoms with Gasteiger partial charge in [-0.2, -0.15) is 0 Å². The number of ketones is 1. The van der Waals surface area contributed by atoms with E-state index in [1.165, 1.54) is 6.92 Å². The first-order chi connectivity index (χ1) is 7.16. The van der Waals surface area contributed by atoms with Crippen LogP contribution in [0.15, 0.2) is 18.2 Å². The molecule has 3 heteroatoms. The van der Waals surface area contributed by atoms with E-state index in [4.69, 9.17) is 9.47 Å². The molecule has 0 spiro atoms. The number of hydrogen-bond donors (Lipinski definition) is 0. The molecular formula is C12H16O3. The van der Waals surface area contributed by atoms with Crippen LogP contribution in [0.3, 0.4) is 0 Å². The van der Waals surface area contributed by atoms with E-state index in [-0.39, 0.29) is 5.78 Å². The van der Waals surface area contributed by atoms with E-state index in [1.54, 1.807) is 13.2 Å². The number of aryl methyl sites for hydroxylation is 1. The molecule has 0 N–H and O–H groups in total. The van der Waals surface area contributed by atoms with Crippen LogP contribution in [0.5, 0.6) is 5.75 Å². The van der Waals surface area contributed by atoms with Gasteiger partial charge in [0.15, 0.2) is 5.78 Å². The summed E-state index contributed by atoms with van der Waals surface area (Å²) in [4.78, 5) is 11.3. The standard InChI is InChI=1S/C12H16O3/c1-9-5-4-6-11(10(2)13)12(9)15-8-7-14-3/h4-6H,7-8H2,1-3H3. The van der Waals surface area contributed by atoms with Crippen molar-refractivity contribution < 1.29 is 14.3 Å². The molecule has 0 atom stereocenters. The van der Waals surface area contributed by atoms with E-state index in [0.717, 1.165) is 5.56 Å². The van der Waals surface area contributed by atoms with E-state index in [0.29, 0.717) is 24.5 Å². The van der Waals surface area contributed by atoms with Gasteiger partial charge in [-0.05, 0) is 25.5 Å². The second-order valence-corrected chi connectivity index (χ2v) is 3.35. The molecule has 0 aliphatic heterocycles. The first kappa shape index (κ1) is 11.7. The highest BCUT2D eigenvalue weighted by molar-refractivity contribution is 5.97. The van der Waals surface area contributed by atoms with Gasteiger partial charge in [-0.15, -0.1) is 0 Å². The van der Waals surface area contributed by atoms with Crippen molar-refractivity contribution in [2.24, 2.45) is 0 Å². The lowest BCUT2D eigenvalue weighted by Crippen LogP contribution is -2.08. The molecule has 82 valence electrons. The molecule has 1 aromatic carbocycles. The van der Waals surface area contributed by atoms with Crippen LogP contribution in [0.4, 0.5) is 0 Å². The molecule has 15 heavy (non-hydrogen) atoms. The monoisotopic (exact) mass is 208 g/mol. The highest BCUT2D eigenvalue weighted by Crippen LogP contribution is 2.23. The van der Waals surface area contributed by atoms with Crippen molar-refractivity contribution in [1.29, 1.82) is 0 Å². The van der Waals surface area contributed by atoms with Gasteiger partial charge in [0, 0.05) is 7.11 Å². The number of rotatable bonds is 5. The average Bonchev–Trinajstić information content (AvgIpc) is 2.20. The van der Waals surface area contributed by atoms with Crippen LogP contribution in [0.25, 0.3) is 0 Å². The van der Waals surface area contributed by atoms with E-state index >= 15 is 0 Å². The van der Waals surface area contributed by atoms with E-state index in [1.807, 2.05) is 19.1 Å². The van der Waals surface area contributed by atoms with Crippen LogP contribution < -0.4 is 4.74 Å². The summed E-state index contributed by atoms with van der Waals surface area (Å²) in [6, 6.07) is 5.56. The smallest absolute Gasteiger partial charge is 0.163 e. The Morgan fingerprint density at radius 3 is 2.67 bits per heavy atom. The van der Waals surface area contributed by atoms with Crippen LogP contribution in [-0.4, -0.2) is 26.1 Å². The molecule has 0 amide bonds. The number of para-hydroxylation sites is 1. The number of benzene rings is 1. The topological polar surface area (TPSA) is 35.5 Å². The van der Waals surface area contributed by atoms with Gasteiger partial charge < -0.3 is 9.47 Å². The van der Waals surface area contributed by atoms with Gasteiger partial charge in [-0.1, -0.05) is 12.1 Å². The quantitative estimate of drug-likeness (QED) is 0.550. The molecule has 0 fully saturated rings. The zero-order valence-electron chi connectivity index (χ0n) is 9.37. The molecular weight excluding hydrogens is 192 g/mol. The van der Waals surface area contributed by atoms with Gasteiger partial charge >= 0.3 is 0 Å². The number of carbonyl (C=O) groups excluding carboxylic acids is 1. The Hall–Kier alpha value is -1.35. The lowest BCUT2D eigenvalue weighted by atomic mass is 10.1. The van der Waals surface area contributed by atoms with Crippen molar-refractivity contribution in [3.05, 3.63) is 29.3 Å². The molecule has 0 radical (unpaired) electrons. The number of carbonyl (C=O) groups is 1. The number of Topliss-reactive ketones (excluding diaryl/α,β-unsaturated/α-hetero) is 1. The summed E-state index contributed by atoms with van der Waals surface area (Å²) >= 11 is 0. The van der Waals surface area contributed by atoms with E-state index in [9.17, 15) is 4.79 Å². The lowest BCUT2D eigenvalue weighted by molar-refractivity contribution is 0.100. The summed E-state index contributed by atoms with van der Waals surface area (Å²) in [5.41, 5.74) is 1.60. The van der Waals surface area contributed by atoms with Crippen molar-refractivity contribution in [3.8, 4) is 5.75 Å². The molecule has 0 aromatic heterocycles. The van der Waals surface area contributed by atoms with Crippen molar-refractivity contribution in [3.63, 3.8) is 0 Å². The molecule has 0 unspecified atom stereocenters. The Labute approximate surface area is 90.0 Å². The Bertz CT molecular complexity index is 345. The van der Waals surface area contributed by atoms with Gasteiger partial charge in [-0.25, -0.2) is 0 Å². The lowest BCUT2D eigenvalue weighted by Gasteiger charge is -2.11. The maximum atomic E-state index is 11.3. The molecule has 1 aromatic rings. The normalized spacial score (nSPS) is 10.1. The maximum absolute atomic E-state index is 11.3. The van der Waals surface area contributed by atoms with E-state index in [2.05, 4.69) is 0 Å². The molecule has 0 aliphatic rings. The molecule has 0 saturated heterocycles. The summed E-state index contributed by atoms with van der Waals surface area (Å²) < 4.78 is 10.4. The second kappa shape index (κ2) is 5.51. The van der Waals surface area contributed by atoms with Gasteiger partial charge in [0.25, 0.3) is 0 Å². The molecule has 0 saturated carbocycles. The fourth-order valence-electron chi connectivity index (χ4n) is 1.35. The summed E-state index contributed by atoms with van der Waals surface area (Å²) in [6.45, 7) is 4.44. The summed E-state index contributed by atoms with van der Waals surface area (Å²) in [7, 11) is 1.62. The highest BCUT2D eigenvalue weighted by Gasteiger charge is 2.10. The first-order valence-corrected chi connectivity index (χ1v) is 4.89. The predicted octanol–water partition coefficient (Wildman–Crippen LogP) is 2.22. The SMILES string of the molecule is COCCOc1c(C)cccc1C(C)=O. The average molecular weight is 208 g/mol. The van der Waals surface area contributed by atoms with Gasteiger partial charge in [0.1, 0.15) is 12.4 Å². The fraction of sp³-hybridized carbons (Fsp3) is 0.417. The third-order valence-electron chi connectivity index (χ3n) is 2.13. The van der Waals surface area contributed by atoms with Crippen molar-refractivity contribution in [1.82, 2.24) is 0 Å². The summed E-state index contributed by atoms with van der Waals surface area (Å²) in [5, 5.41) is 0. The number of hydrogen-bond acceptors (Lipinski definition) is 3. The fourth-order valence-corrected chi connectivity index (χ4v) is 1.35. The minimum absolute atomic E-state index is 0.0196. The Morgan fingerprint density at radius 1 is 1.33 bits per heavy atom. The third-order valence-corrected chi connectivity index (χ3v) is 2.13. The summed E-state index contributed by atoms with van der Waals surface area (Å²) in [6.07, 6.45) is 0. The third kappa shape index (κ3) is 3.06. The van der Waals surface area contributed by atoms with Gasteiger partial charge in [-0.3, -0.25) is 4.79 Å². The van der Waals surface area contributed by atoms with Crippen LogP contribution in [0.2, 0.25) is 0 Å².